The van der Waals surface area contributed by atoms with Gasteiger partial charge in [0.25, 0.3) is 0 Å². The van der Waals surface area contributed by atoms with E-state index in [2.05, 4.69) is 4.98 Å². The quantitative estimate of drug-likeness (QED) is 0.708. The number of ether oxygens (including phenoxy) is 1. The number of benzene rings is 1. The number of nitrogens with zero attached hydrogens (tertiary/aromatic N) is 1. The molecule has 0 saturated heterocycles. The number of hydrogen-bond donors (Lipinski definition) is 0. The van der Waals surface area contributed by atoms with Crippen LogP contribution in [-0.2, 0) is 6.61 Å². The fourth-order valence-electron chi connectivity index (χ4n) is 1.81. The Bertz CT molecular complexity index is 753. The van der Waals surface area contributed by atoms with Crippen molar-refractivity contribution in [3.8, 4) is 17.2 Å². The van der Waals surface area contributed by atoms with Crippen LogP contribution in [0.1, 0.15) is 11.5 Å². The van der Waals surface area contributed by atoms with Crippen molar-refractivity contribution in [1.29, 1.82) is 0 Å². The third-order valence-corrected chi connectivity index (χ3v) is 3.62. The van der Waals surface area contributed by atoms with E-state index in [-0.39, 0.29) is 12.4 Å². The molecule has 2 aromatic heterocycles. The highest BCUT2D eigenvalue weighted by Crippen LogP contribution is 2.25. The topological polar surface area (TPSA) is 35.3 Å². The first-order valence-electron chi connectivity index (χ1n) is 6.21. The Hall–Kier alpha value is -2.21. The maximum atomic E-state index is 13.5. The van der Waals surface area contributed by atoms with Crippen molar-refractivity contribution in [3.05, 3.63) is 58.1 Å². The van der Waals surface area contributed by atoms with E-state index in [1.54, 1.807) is 18.3 Å². The van der Waals surface area contributed by atoms with Gasteiger partial charge in [0.15, 0.2) is 11.6 Å². The number of thiophene rings is 1. The summed E-state index contributed by atoms with van der Waals surface area (Å²) in [6, 6.07) is 5.69. The minimum absolute atomic E-state index is 0.0137. The second-order valence-corrected chi connectivity index (χ2v) is 5.15. The molecule has 1 aromatic carbocycles. The summed E-state index contributed by atoms with van der Waals surface area (Å²) < 4.78 is 37.4. The lowest BCUT2D eigenvalue weighted by Crippen LogP contribution is -2.00. The Labute approximate surface area is 123 Å². The van der Waals surface area contributed by atoms with Gasteiger partial charge in [-0.05, 0) is 30.5 Å². The summed E-state index contributed by atoms with van der Waals surface area (Å²) in [5.74, 6) is -1.00. The normalized spacial score (nSPS) is 10.8. The molecule has 0 radical (unpaired) electrons. The molecule has 0 spiro atoms. The smallest absolute Gasteiger partial charge is 0.227 e. The number of hydrogen-bond acceptors (Lipinski definition) is 4. The highest BCUT2D eigenvalue weighted by molar-refractivity contribution is 7.08. The van der Waals surface area contributed by atoms with Crippen LogP contribution in [0.2, 0.25) is 0 Å². The van der Waals surface area contributed by atoms with E-state index in [1.807, 2.05) is 16.8 Å². The highest BCUT2D eigenvalue weighted by Gasteiger charge is 2.14. The average Bonchev–Trinajstić information content (AvgIpc) is 3.10. The van der Waals surface area contributed by atoms with Gasteiger partial charge in [-0.25, -0.2) is 9.37 Å². The van der Waals surface area contributed by atoms with E-state index >= 15 is 0 Å². The van der Waals surface area contributed by atoms with Gasteiger partial charge >= 0.3 is 0 Å². The molecular weight excluding hydrogens is 296 g/mol. The molecule has 0 bridgehead atoms. The van der Waals surface area contributed by atoms with Gasteiger partial charge in [0.05, 0.1) is 0 Å². The summed E-state index contributed by atoms with van der Waals surface area (Å²) in [4.78, 5) is 4.32. The molecule has 0 fully saturated rings. The highest BCUT2D eigenvalue weighted by atomic mass is 32.1. The maximum Gasteiger partial charge on any atom is 0.227 e. The first kappa shape index (κ1) is 13.8. The zero-order chi connectivity index (χ0) is 14.8. The van der Waals surface area contributed by atoms with Crippen LogP contribution in [0, 0.1) is 18.6 Å². The SMILES string of the molecule is Cc1oc(-c2ccsc2)nc1COc1cccc(F)c1F. The Morgan fingerprint density at radius 2 is 2.14 bits per heavy atom. The minimum atomic E-state index is -1.00. The summed E-state index contributed by atoms with van der Waals surface area (Å²) in [5, 5.41) is 3.84. The van der Waals surface area contributed by atoms with Gasteiger partial charge in [-0.2, -0.15) is 15.7 Å². The van der Waals surface area contributed by atoms with Gasteiger partial charge in [-0.1, -0.05) is 6.07 Å². The summed E-state index contributed by atoms with van der Waals surface area (Å²) in [5.41, 5.74) is 1.44. The number of halogens is 2. The van der Waals surface area contributed by atoms with Crippen LogP contribution in [0.15, 0.2) is 39.4 Å². The molecule has 0 aliphatic heterocycles. The van der Waals surface area contributed by atoms with Crippen LogP contribution in [0.3, 0.4) is 0 Å². The van der Waals surface area contributed by atoms with Gasteiger partial charge in [-0.3, -0.25) is 0 Å². The third kappa shape index (κ3) is 2.80. The van der Waals surface area contributed by atoms with Crippen LogP contribution in [-0.4, -0.2) is 4.98 Å². The van der Waals surface area contributed by atoms with E-state index in [0.29, 0.717) is 17.3 Å². The fourth-order valence-corrected chi connectivity index (χ4v) is 2.44. The van der Waals surface area contributed by atoms with E-state index in [1.165, 1.54) is 12.1 Å². The van der Waals surface area contributed by atoms with Crippen LogP contribution in [0.5, 0.6) is 5.75 Å². The van der Waals surface area contributed by atoms with Crippen molar-refractivity contribution >= 4 is 11.3 Å². The third-order valence-electron chi connectivity index (χ3n) is 2.94. The summed E-state index contributed by atoms with van der Waals surface area (Å²) in [7, 11) is 0. The molecule has 0 saturated carbocycles. The van der Waals surface area contributed by atoms with Gasteiger partial charge in [0.1, 0.15) is 18.1 Å². The van der Waals surface area contributed by atoms with E-state index in [0.717, 1.165) is 11.6 Å². The van der Waals surface area contributed by atoms with Crippen molar-refractivity contribution < 1.29 is 17.9 Å². The molecule has 108 valence electrons. The predicted octanol–water partition coefficient (Wildman–Crippen LogP) is 4.57. The Morgan fingerprint density at radius 3 is 2.90 bits per heavy atom. The van der Waals surface area contributed by atoms with Crippen molar-refractivity contribution in [2.45, 2.75) is 13.5 Å². The van der Waals surface area contributed by atoms with E-state index in [9.17, 15) is 8.78 Å². The van der Waals surface area contributed by atoms with Gasteiger partial charge in [-0.15, -0.1) is 0 Å². The van der Waals surface area contributed by atoms with Crippen LogP contribution in [0.25, 0.3) is 11.5 Å². The Morgan fingerprint density at radius 1 is 1.29 bits per heavy atom. The molecule has 2 heterocycles. The van der Waals surface area contributed by atoms with Crippen molar-refractivity contribution in [2.75, 3.05) is 0 Å². The lowest BCUT2D eigenvalue weighted by atomic mass is 10.3. The Balaban J connectivity index is 1.78. The molecule has 0 aliphatic carbocycles. The zero-order valence-corrected chi connectivity index (χ0v) is 11.9. The molecule has 21 heavy (non-hydrogen) atoms. The van der Waals surface area contributed by atoms with Gasteiger partial charge < -0.3 is 9.15 Å². The first-order valence-corrected chi connectivity index (χ1v) is 7.15. The van der Waals surface area contributed by atoms with Crippen molar-refractivity contribution in [3.63, 3.8) is 0 Å². The van der Waals surface area contributed by atoms with Gasteiger partial charge in [0, 0.05) is 10.9 Å². The predicted molar refractivity (Wildman–Crippen MR) is 75.2 cm³/mol. The lowest BCUT2D eigenvalue weighted by Gasteiger charge is -2.05. The molecule has 6 heteroatoms. The zero-order valence-electron chi connectivity index (χ0n) is 11.1. The second-order valence-electron chi connectivity index (χ2n) is 4.37. The number of aromatic nitrogens is 1. The average molecular weight is 307 g/mol. The summed E-state index contributed by atoms with van der Waals surface area (Å²) in [6.07, 6.45) is 0. The summed E-state index contributed by atoms with van der Waals surface area (Å²) >= 11 is 1.54. The molecule has 3 nitrogen and oxygen atoms in total. The molecule has 3 aromatic rings. The standard InChI is InChI=1S/C15H11F2NO2S/c1-9-12(18-15(20-9)10-5-6-21-8-10)7-19-13-4-2-3-11(16)14(13)17/h2-6,8H,7H2,1H3. The van der Waals surface area contributed by atoms with Crippen molar-refractivity contribution in [2.24, 2.45) is 0 Å². The van der Waals surface area contributed by atoms with E-state index in [4.69, 9.17) is 9.15 Å². The van der Waals surface area contributed by atoms with Crippen molar-refractivity contribution in [1.82, 2.24) is 4.98 Å². The molecular formula is C15H11F2NO2S. The number of rotatable bonds is 4. The second kappa shape index (κ2) is 5.65. The molecule has 0 unspecified atom stereocenters. The van der Waals surface area contributed by atoms with Crippen LogP contribution < -0.4 is 4.74 Å². The molecule has 3 rings (SSSR count). The van der Waals surface area contributed by atoms with Gasteiger partial charge in [0.2, 0.25) is 11.7 Å². The monoisotopic (exact) mass is 307 g/mol. The first-order chi connectivity index (χ1) is 10.1. The maximum absolute atomic E-state index is 13.5. The number of oxazole rings is 1. The van der Waals surface area contributed by atoms with E-state index < -0.39 is 11.6 Å². The largest absolute Gasteiger partial charge is 0.484 e. The molecule has 0 aliphatic rings. The molecule has 0 N–H and O–H groups in total. The minimum Gasteiger partial charge on any atom is -0.484 e. The lowest BCUT2D eigenvalue weighted by molar-refractivity contribution is 0.279. The number of aryl methyl sites for hydroxylation is 1. The fraction of sp³-hybridized carbons (Fsp3) is 0.133. The summed E-state index contributed by atoms with van der Waals surface area (Å²) in [6.45, 7) is 1.77. The van der Waals surface area contributed by atoms with Crippen LogP contribution >= 0.6 is 11.3 Å². The van der Waals surface area contributed by atoms with Crippen LogP contribution in [0.4, 0.5) is 8.78 Å². The Kier molecular flexibility index (Phi) is 3.70. The molecule has 0 atom stereocenters. The molecule has 0 amide bonds.